The molecule has 1 aromatic carbocycles. The number of halogens is 2. The van der Waals surface area contributed by atoms with Crippen LogP contribution in [0.25, 0.3) is 6.08 Å². The van der Waals surface area contributed by atoms with Gasteiger partial charge >= 0.3 is 0 Å². The number of carbonyl (C=O) groups excluding carboxylic acids is 1. The first kappa shape index (κ1) is 14.0. The SMILES string of the molecule is Cc1nnc(NC(=O)/C=C/c2ccc(Cl)cc2Cl)s1. The topological polar surface area (TPSA) is 54.9 Å². The molecule has 0 unspecified atom stereocenters. The van der Waals surface area contributed by atoms with Crippen LogP contribution >= 0.6 is 34.5 Å². The predicted molar refractivity (Wildman–Crippen MR) is 78.8 cm³/mol. The Morgan fingerprint density at radius 1 is 1.37 bits per heavy atom. The first-order chi connectivity index (χ1) is 9.04. The third-order valence-electron chi connectivity index (χ3n) is 2.13. The van der Waals surface area contributed by atoms with E-state index in [0.29, 0.717) is 15.2 Å². The molecule has 0 saturated carbocycles. The maximum atomic E-state index is 11.6. The van der Waals surface area contributed by atoms with E-state index in [1.54, 1.807) is 24.3 Å². The third kappa shape index (κ3) is 4.02. The van der Waals surface area contributed by atoms with E-state index in [4.69, 9.17) is 23.2 Å². The van der Waals surface area contributed by atoms with E-state index in [1.165, 1.54) is 17.4 Å². The largest absolute Gasteiger partial charge is 0.297 e. The van der Waals surface area contributed by atoms with E-state index < -0.39 is 0 Å². The number of nitrogens with zero attached hydrogens (tertiary/aromatic N) is 2. The second-order valence-corrected chi connectivity index (χ2v) is 5.64. The molecule has 1 amide bonds. The Morgan fingerprint density at radius 3 is 2.79 bits per heavy atom. The lowest BCUT2D eigenvalue weighted by Gasteiger charge is -1.98. The van der Waals surface area contributed by atoms with Gasteiger partial charge in [0.15, 0.2) is 0 Å². The summed E-state index contributed by atoms with van der Waals surface area (Å²) in [6.07, 6.45) is 2.99. The van der Waals surface area contributed by atoms with Crippen molar-refractivity contribution in [1.29, 1.82) is 0 Å². The van der Waals surface area contributed by atoms with Crippen LogP contribution in [0.2, 0.25) is 10.0 Å². The van der Waals surface area contributed by atoms with Crippen molar-refractivity contribution < 1.29 is 4.79 Å². The Labute approximate surface area is 124 Å². The van der Waals surface area contributed by atoms with Gasteiger partial charge in [-0.1, -0.05) is 40.6 Å². The number of hydrogen-bond donors (Lipinski definition) is 1. The molecule has 1 aromatic heterocycles. The zero-order valence-corrected chi connectivity index (χ0v) is 12.2. The van der Waals surface area contributed by atoms with Gasteiger partial charge in [-0.15, -0.1) is 10.2 Å². The molecule has 7 heteroatoms. The normalized spacial score (nSPS) is 10.9. The fraction of sp³-hybridized carbons (Fsp3) is 0.0833. The molecular weight excluding hydrogens is 305 g/mol. The Kier molecular flexibility index (Phi) is 4.52. The van der Waals surface area contributed by atoms with Gasteiger partial charge in [0, 0.05) is 16.1 Å². The Balaban J connectivity index is 2.03. The van der Waals surface area contributed by atoms with Crippen LogP contribution in [0.4, 0.5) is 5.13 Å². The second-order valence-electron chi connectivity index (χ2n) is 3.61. The van der Waals surface area contributed by atoms with Gasteiger partial charge in [0.25, 0.3) is 0 Å². The Morgan fingerprint density at radius 2 is 2.16 bits per heavy atom. The standard InChI is InChI=1S/C12H9Cl2N3OS/c1-7-16-17-12(19-7)15-11(18)5-3-8-2-4-9(13)6-10(8)14/h2-6H,1H3,(H,15,17,18)/b5-3+. The van der Waals surface area contributed by atoms with Crippen molar-refractivity contribution in [2.24, 2.45) is 0 Å². The Hall–Kier alpha value is -1.43. The van der Waals surface area contributed by atoms with Crippen molar-refractivity contribution in [2.45, 2.75) is 6.92 Å². The van der Waals surface area contributed by atoms with E-state index in [-0.39, 0.29) is 5.91 Å². The molecule has 0 aliphatic heterocycles. The van der Waals surface area contributed by atoms with Crippen LogP contribution in [0.15, 0.2) is 24.3 Å². The maximum Gasteiger partial charge on any atom is 0.250 e. The predicted octanol–water partition coefficient (Wildman–Crippen LogP) is 3.81. The average Bonchev–Trinajstić information content (AvgIpc) is 2.73. The molecule has 0 spiro atoms. The van der Waals surface area contributed by atoms with Crippen LogP contribution in [-0.4, -0.2) is 16.1 Å². The van der Waals surface area contributed by atoms with Crippen LogP contribution < -0.4 is 5.32 Å². The fourth-order valence-electron chi connectivity index (χ4n) is 1.30. The summed E-state index contributed by atoms with van der Waals surface area (Å²) < 4.78 is 0. The number of amides is 1. The first-order valence-electron chi connectivity index (χ1n) is 5.29. The lowest BCUT2D eigenvalue weighted by molar-refractivity contribution is -0.111. The summed E-state index contributed by atoms with van der Waals surface area (Å²) in [5, 5.41) is 12.5. The molecule has 19 heavy (non-hydrogen) atoms. The number of aryl methyl sites for hydroxylation is 1. The highest BCUT2D eigenvalue weighted by atomic mass is 35.5. The molecule has 0 saturated heterocycles. The highest BCUT2D eigenvalue weighted by Gasteiger charge is 2.03. The summed E-state index contributed by atoms with van der Waals surface area (Å²) >= 11 is 13.1. The summed E-state index contributed by atoms with van der Waals surface area (Å²) in [4.78, 5) is 11.6. The minimum atomic E-state index is -0.290. The number of nitrogens with one attached hydrogen (secondary N) is 1. The summed E-state index contributed by atoms with van der Waals surface area (Å²) in [5.41, 5.74) is 0.717. The van der Waals surface area contributed by atoms with E-state index >= 15 is 0 Å². The quantitative estimate of drug-likeness (QED) is 0.877. The van der Waals surface area contributed by atoms with E-state index in [9.17, 15) is 4.79 Å². The minimum absolute atomic E-state index is 0.290. The summed E-state index contributed by atoms with van der Waals surface area (Å²) in [5.74, 6) is -0.290. The molecule has 1 N–H and O–H groups in total. The highest BCUT2D eigenvalue weighted by Crippen LogP contribution is 2.22. The van der Waals surface area contributed by atoms with Crippen molar-refractivity contribution in [2.75, 3.05) is 5.32 Å². The molecule has 0 fully saturated rings. The van der Waals surface area contributed by atoms with Crippen molar-refractivity contribution in [1.82, 2.24) is 10.2 Å². The number of rotatable bonds is 3. The van der Waals surface area contributed by atoms with Crippen LogP contribution in [0, 0.1) is 6.92 Å². The van der Waals surface area contributed by atoms with Gasteiger partial charge < -0.3 is 0 Å². The van der Waals surface area contributed by atoms with E-state index in [2.05, 4.69) is 15.5 Å². The summed E-state index contributed by atoms with van der Waals surface area (Å²) in [7, 11) is 0. The maximum absolute atomic E-state index is 11.6. The fourth-order valence-corrected chi connectivity index (χ4v) is 2.36. The zero-order chi connectivity index (χ0) is 13.8. The number of hydrogen-bond acceptors (Lipinski definition) is 4. The van der Waals surface area contributed by atoms with Gasteiger partial charge in [-0.2, -0.15) is 0 Å². The van der Waals surface area contributed by atoms with Gasteiger partial charge in [-0.05, 0) is 30.7 Å². The summed E-state index contributed by atoms with van der Waals surface area (Å²) in [6, 6.07) is 5.07. The van der Waals surface area contributed by atoms with Crippen LogP contribution in [0.5, 0.6) is 0 Å². The molecule has 0 atom stereocenters. The monoisotopic (exact) mass is 313 g/mol. The number of aromatic nitrogens is 2. The van der Waals surface area contributed by atoms with E-state index in [0.717, 1.165) is 10.6 Å². The molecule has 2 rings (SSSR count). The van der Waals surface area contributed by atoms with E-state index in [1.807, 2.05) is 6.92 Å². The van der Waals surface area contributed by atoms with Gasteiger partial charge in [0.2, 0.25) is 11.0 Å². The van der Waals surface area contributed by atoms with Gasteiger partial charge in [-0.3, -0.25) is 10.1 Å². The molecule has 0 radical (unpaired) electrons. The number of carbonyl (C=O) groups is 1. The highest BCUT2D eigenvalue weighted by molar-refractivity contribution is 7.15. The second kappa shape index (κ2) is 6.14. The van der Waals surface area contributed by atoms with Crippen molar-refractivity contribution in [3.05, 3.63) is 44.9 Å². The first-order valence-corrected chi connectivity index (χ1v) is 6.86. The summed E-state index contributed by atoms with van der Waals surface area (Å²) in [6.45, 7) is 1.82. The van der Waals surface area contributed by atoms with Crippen molar-refractivity contribution >= 4 is 51.7 Å². The molecule has 1 heterocycles. The molecule has 0 aliphatic rings. The minimum Gasteiger partial charge on any atom is -0.297 e. The lowest BCUT2D eigenvalue weighted by Crippen LogP contribution is -2.07. The smallest absolute Gasteiger partial charge is 0.250 e. The molecule has 2 aromatic rings. The van der Waals surface area contributed by atoms with Crippen molar-refractivity contribution in [3.63, 3.8) is 0 Å². The number of anilines is 1. The molecule has 0 aliphatic carbocycles. The Bertz CT molecular complexity index is 640. The number of benzene rings is 1. The molecule has 98 valence electrons. The third-order valence-corrected chi connectivity index (χ3v) is 3.45. The molecular formula is C12H9Cl2N3OS. The molecule has 4 nitrogen and oxygen atoms in total. The van der Waals surface area contributed by atoms with Crippen LogP contribution in [0.3, 0.4) is 0 Å². The van der Waals surface area contributed by atoms with Gasteiger partial charge in [-0.25, -0.2) is 0 Å². The van der Waals surface area contributed by atoms with Crippen LogP contribution in [0.1, 0.15) is 10.6 Å². The van der Waals surface area contributed by atoms with Gasteiger partial charge in [0.05, 0.1) is 0 Å². The molecule has 0 bridgehead atoms. The van der Waals surface area contributed by atoms with Gasteiger partial charge in [0.1, 0.15) is 5.01 Å². The van der Waals surface area contributed by atoms with Crippen LogP contribution in [-0.2, 0) is 4.79 Å². The average molecular weight is 314 g/mol. The lowest BCUT2D eigenvalue weighted by atomic mass is 10.2. The zero-order valence-electron chi connectivity index (χ0n) is 9.85. The van der Waals surface area contributed by atoms with Crippen molar-refractivity contribution in [3.8, 4) is 0 Å².